The molecule has 1 aromatic heterocycles. The summed E-state index contributed by atoms with van der Waals surface area (Å²) in [5, 5.41) is 18.1. The Morgan fingerprint density at radius 3 is 2.42 bits per heavy atom. The molecule has 19 heavy (non-hydrogen) atoms. The fourth-order valence-corrected chi connectivity index (χ4v) is 1.24. The third-order valence-corrected chi connectivity index (χ3v) is 2.27. The summed E-state index contributed by atoms with van der Waals surface area (Å²) in [5.41, 5.74) is -1.50. The number of imidazole rings is 1. The lowest BCUT2D eigenvalue weighted by Crippen LogP contribution is -2.30. The number of ether oxygens (including phenoxy) is 1. The number of nitrogens with zero attached hydrogens (tertiary/aromatic N) is 2. The number of aromatic nitrogens is 2. The summed E-state index contributed by atoms with van der Waals surface area (Å²) >= 11 is 0. The van der Waals surface area contributed by atoms with Crippen molar-refractivity contribution in [1.29, 1.82) is 0 Å². The van der Waals surface area contributed by atoms with E-state index in [-0.39, 0.29) is 0 Å². The number of aromatic hydroxyl groups is 1. The van der Waals surface area contributed by atoms with Crippen molar-refractivity contribution < 1.29 is 24.5 Å². The molecule has 0 aliphatic carbocycles. The van der Waals surface area contributed by atoms with Crippen LogP contribution in [0, 0.1) is 5.41 Å². The molecule has 0 fully saturated rings. The summed E-state index contributed by atoms with van der Waals surface area (Å²) in [4.78, 5) is 33.7. The van der Waals surface area contributed by atoms with Crippen molar-refractivity contribution in [3.05, 3.63) is 16.7 Å². The first-order valence-corrected chi connectivity index (χ1v) is 5.51. The highest BCUT2D eigenvalue weighted by atomic mass is 16.5. The molecule has 0 spiro atoms. The molecule has 0 bridgehead atoms. The molecule has 0 unspecified atom stereocenters. The number of carbonyl (C=O) groups excluding carboxylic acids is 1. The molecule has 2 N–H and O–H groups in total. The molecule has 1 rings (SSSR count). The zero-order valence-corrected chi connectivity index (χ0v) is 10.9. The van der Waals surface area contributed by atoms with Crippen LogP contribution in [0.25, 0.3) is 0 Å². The molecular weight excluding hydrogens is 256 g/mol. The second-order valence-electron chi connectivity index (χ2n) is 5.03. The summed E-state index contributed by atoms with van der Waals surface area (Å²) in [6, 6.07) is 0. The van der Waals surface area contributed by atoms with E-state index in [4.69, 9.17) is 9.84 Å². The molecule has 0 aliphatic heterocycles. The van der Waals surface area contributed by atoms with Crippen LogP contribution in [0.1, 0.15) is 20.8 Å². The molecule has 8 heteroatoms. The third-order valence-electron chi connectivity index (χ3n) is 2.27. The fourth-order valence-electron chi connectivity index (χ4n) is 1.24. The number of carboxylic acids is 1. The Hall–Kier alpha value is -2.25. The van der Waals surface area contributed by atoms with E-state index in [2.05, 4.69) is 0 Å². The lowest BCUT2D eigenvalue weighted by Gasteiger charge is -2.16. The van der Waals surface area contributed by atoms with E-state index in [9.17, 15) is 19.5 Å². The van der Waals surface area contributed by atoms with Gasteiger partial charge in [0.15, 0.2) is 6.73 Å². The zero-order valence-electron chi connectivity index (χ0n) is 10.9. The van der Waals surface area contributed by atoms with Gasteiger partial charge in [-0.1, -0.05) is 0 Å². The van der Waals surface area contributed by atoms with Crippen molar-refractivity contribution in [3.63, 3.8) is 0 Å². The second-order valence-corrected chi connectivity index (χ2v) is 5.03. The highest BCUT2D eigenvalue weighted by molar-refractivity contribution is 5.75. The van der Waals surface area contributed by atoms with Crippen LogP contribution < -0.4 is 5.69 Å². The summed E-state index contributed by atoms with van der Waals surface area (Å²) < 4.78 is 6.45. The van der Waals surface area contributed by atoms with Crippen LogP contribution in [0.4, 0.5) is 0 Å². The Morgan fingerprint density at radius 1 is 1.37 bits per heavy atom. The van der Waals surface area contributed by atoms with Crippen LogP contribution in [0.2, 0.25) is 0 Å². The summed E-state index contributed by atoms with van der Waals surface area (Å²) in [6.45, 7) is 3.90. The maximum absolute atomic E-state index is 11.7. The number of hydrogen-bond acceptors (Lipinski definition) is 5. The first kappa shape index (κ1) is 14.8. The highest BCUT2D eigenvalue weighted by Gasteiger charge is 2.24. The number of aliphatic carboxylic acids is 1. The monoisotopic (exact) mass is 272 g/mol. The molecule has 8 nitrogen and oxygen atoms in total. The zero-order chi connectivity index (χ0) is 14.8. The van der Waals surface area contributed by atoms with Gasteiger partial charge >= 0.3 is 17.6 Å². The summed E-state index contributed by atoms with van der Waals surface area (Å²) in [6.07, 6.45) is 0.974. The van der Waals surface area contributed by atoms with Crippen LogP contribution in [0.15, 0.2) is 11.0 Å². The number of hydrogen-bond donors (Lipinski definition) is 2. The van der Waals surface area contributed by atoms with Crippen LogP contribution in [-0.2, 0) is 27.6 Å². The molecule has 0 atom stereocenters. The predicted molar refractivity (Wildman–Crippen MR) is 63.5 cm³/mol. The van der Waals surface area contributed by atoms with Crippen molar-refractivity contribution in [1.82, 2.24) is 9.13 Å². The molecule has 106 valence electrons. The van der Waals surface area contributed by atoms with Crippen LogP contribution in [-0.4, -0.2) is 31.3 Å². The van der Waals surface area contributed by atoms with Gasteiger partial charge in [-0.3, -0.25) is 14.2 Å². The highest BCUT2D eigenvalue weighted by Crippen LogP contribution is 2.16. The lowest BCUT2D eigenvalue weighted by molar-refractivity contribution is -0.157. The lowest BCUT2D eigenvalue weighted by atomic mass is 9.98. The fraction of sp³-hybridized carbons (Fsp3) is 0.545. The first-order valence-electron chi connectivity index (χ1n) is 5.51. The van der Waals surface area contributed by atoms with Gasteiger partial charge in [0.05, 0.1) is 11.6 Å². The molecule has 1 aromatic rings. The van der Waals surface area contributed by atoms with Crippen molar-refractivity contribution in [2.75, 3.05) is 0 Å². The second kappa shape index (κ2) is 5.17. The minimum Gasteiger partial charge on any atom is -0.493 e. The van der Waals surface area contributed by atoms with E-state index in [0.29, 0.717) is 0 Å². The Bertz CT molecular complexity index is 549. The van der Waals surface area contributed by atoms with E-state index in [0.717, 1.165) is 15.3 Å². The van der Waals surface area contributed by atoms with Crippen molar-refractivity contribution >= 4 is 11.9 Å². The minimum atomic E-state index is -1.22. The molecule has 0 aliphatic rings. The quantitative estimate of drug-likeness (QED) is 0.745. The molecule has 0 radical (unpaired) electrons. The maximum atomic E-state index is 11.7. The van der Waals surface area contributed by atoms with Gasteiger partial charge in [-0.15, -0.1) is 0 Å². The molecule has 0 aromatic carbocycles. The van der Waals surface area contributed by atoms with Gasteiger partial charge in [-0.25, -0.2) is 9.36 Å². The van der Waals surface area contributed by atoms with E-state index >= 15 is 0 Å². The Morgan fingerprint density at radius 2 is 1.95 bits per heavy atom. The number of carbonyl (C=O) groups is 2. The number of esters is 1. The van der Waals surface area contributed by atoms with E-state index in [1.54, 1.807) is 20.8 Å². The summed E-state index contributed by atoms with van der Waals surface area (Å²) in [5.74, 6) is -2.22. The largest absolute Gasteiger partial charge is 0.493 e. The Balaban J connectivity index is 2.86. The molecular formula is C11H16N2O6. The topological polar surface area (TPSA) is 111 Å². The predicted octanol–water partition coefficient (Wildman–Crippen LogP) is -0.0132. The van der Waals surface area contributed by atoms with Gasteiger partial charge in [0.2, 0.25) is 5.88 Å². The van der Waals surface area contributed by atoms with Gasteiger partial charge in [-0.2, -0.15) is 0 Å². The maximum Gasteiger partial charge on any atom is 0.334 e. The van der Waals surface area contributed by atoms with E-state index in [1.807, 2.05) is 0 Å². The van der Waals surface area contributed by atoms with Crippen LogP contribution in [0.3, 0.4) is 0 Å². The molecule has 0 saturated heterocycles. The Labute approximate surface area is 108 Å². The van der Waals surface area contributed by atoms with Crippen LogP contribution >= 0.6 is 0 Å². The van der Waals surface area contributed by atoms with Gasteiger partial charge in [-0.05, 0) is 20.8 Å². The standard InChI is InChI=1S/C11H16N2O6/c1-11(2,3)9(17)19-6-13-7(14)4-12(10(13)18)5-8(15)16/h4,14H,5-6H2,1-3H3,(H,15,16). The normalized spacial score (nSPS) is 11.3. The van der Waals surface area contributed by atoms with Crippen molar-refractivity contribution in [2.24, 2.45) is 5.41 Å². The molecule has 0 amide bonds. The van der Waals surface area contributed by atoms with Gasteiger partial charge in [0.1, 0.15) is 6.54 Å². The van der Waals surface area contributed by atoms with E-state index < -0.39 is 42.2 Å². The molecule has 1 heterocycles. The van der Waals surface area contributed by atoms with Crippen molar-refractivity contribution in [2.45, 2.75) is 34.0 Å². The minimum absolute atomic E-state index is 0.465. The number of rotatable bonds is 4. The first-order chi connectivity index (χ1) is 8.62. The van der Waals surface area contributed by atoms with Gasteiger partial charge in [0.25, 0.3) is 0 Å². The van der Waals surface area contributed by atoms with E-state index in [1.165, 1.54) is 0 Å². The van der Waals surface area contributed by atoms with Gasteiger partial charge in [0, 0.05) is 0 Å². The third kappa shape index (κ3) is 3.60. The SMILES string of the molecule is CC(C)(C)C(=O)OCn1c(O)cn(CC(=O)O)c1=O. The average Bonchev–Trinajstić information content (AvgIpc) is 2.49. The summed E-state index contributed by atoms with van der Waals surface area (Å²) in [7, 11) is 0. The van der Waals surface area contributed by atoms with Crippen LogP contribution in [0.5, 0.6) is 5.88 Å². The average molecular weight is 272 g/mol. The number of carboxylic acid groups (broad SMARTS) is 1. The van der Waals surface area contributed by atoms with Crippen molar-refractivity contribution in [3.8, 4) is 5.88 Å². The van der Waals surface area contributed by atoms with Gasteiger partial charge < -0.3 is 14.9 Å². The smallest absolute Gasteiger partial charge is 0.334 e. The Kier molecular flexibility index (Phi) is 4.03. The molecule has 0 saturated carbocycles.